The predicted octanol–water partition coefficient (Wildman–Crippen LogP) is 3.48. The number of ether oxygens (including phenoxy) is 1. The Kier molecular flexibility index (Phi) is 7.53. The number of aromatic carboxylic acids is 1. The standard InChI is InChI=1S/C20H23NO4S/c1-14(13-26-18-9-4-3-8-17(18)25-2)12-21-19(22)11-15-6-5-7-16(10-15)20(23)24/h3-10,14H,11-13H2,1-2H3,(H,21,22)(H,23,24). The van der Waals surface area contributed by atoms with Gasteiger partial charge in [-0.15, -0.1) is 11.8 Å². The summed E-state index contributed by atoms with van der Waals surface area (Å²) in [5, 5.41) is 11.9. The molecule has 2 aromatic rings. The fraction of sp³-hybridized carbons (Fsp3) is 0.300. The molecule has 2 rings (SSSR count). The van der Waals surface area contributed by atoms with Crippen LogP contribution in [0.2, 0.25) is 0 Å². The normalized spacial score (nSPS) is 11.6. The molecule has 6 heteroatoms. The molecule has 0 saturated carbocycles. The number of thioether (sulfide) groups is 1. The molecule has 0 aliphatic rings. The molecule has 0 radical (unpaired) electrons. The van der Waals surface area contributed by atoms with Crippen LogP contribution in [0, 0.1) is 5.92 Å². The molecule has 1 unspecified atom stereocenters. The lowest BCUT2D eigenvalue weighted by atomic mass is 10.1. The van der Waals surface area contributed by atoms with Crippen molar-refractivity contribution in [3.8, 4) is 5.75 Å². The minimum absolute atomic E-state index is 0.110. The zero-order valence-corrected chi connectivity index (χ0v) is 15.7. The summed E-state index contributed by atoms with van der Waals surface area (Å²) in [5.41, 5.74) is 0.885. The third-order valence-electron chi connectivity index (χ3n) is 3.78. The van der Waals surface area contributed by atoms with Crippen molar-refractivity contribution in [2.45, 2.75) is 18.2 Å². The Hall–Kier alpha value is -2.47. The Morgan fingerprint density at radius 3 is 2.69 bits per heavy atom. The zero-order valence-electron chi connectivity index (χ0n) is 14.9. The molecule has 5 nitrogen and oxygen atoms in total. The highest BCUT2D eigenvalue weighted by atomic mass is 32.2. The van der Waals surface area contributed by atoms with Crippen molar-refractivity contribution in [3.63, 3.8) is 0 Å². The van der Waals surface area contributed by atoms with Gasteiger partial charge in [-0.25, -0.2) is 4.79 Å². The van der Waals surface area contributed by atoms with E-state index in [0.29, 0.717) is 18.0 Å². The Bertz CT molecular complexity index is 763. The quantitative estimate of drug-likeness (QED) is 0.658. The minimum Gasteiger partial charge on any atom is -0.496 e. The van der Waals surface area contributed by atoms with Crippen LogP contribution in [0.25, 0.3) is 0 Å². The van der Waals surface area contributed by atoms with Gasteiger partial charge >= 0.3 is 5.97 Å². The van der Waals surface area contributed by atoms with Crippen molar-refractivity contribution in [1.82, 2.24) is 5.32 Å². The number of nitrogens with one attached hydrogen (secondary N) is 1. The van der Waals surface area contributed by atoms with E-state index in [1.807, 2.05) is 24.3 Å². The van der Waals surface area contributed by atoms with E-state index in [1.165, 1.54) is 12.1 Å². The molecule has 0 aliphatic carbocycles. The molecule has 0 bridgehead atoms. The summed E-state index contributed by atoms with van der Waals surface area (Å²) in [7, 11) is 1.66. The summed E-state index contributed by atoms with van der Waals surface area (Å²) in [4.78, 5) is 24.1. The molecule has 2 aromatic carbocycles. The molecule has 26 heavy (non-hydrogen) atoms. The van der Waals surface area contributed by atoms with Crippen LogP contribution in [0.4, 0.5) is 0 Å². The number of carboxylic acid groups (broad SMARTS) is 1. The predicted molar refractivity (Wildman–Crippen MR) is 103 cm³/mol. The number of para-hydroxylation sites is 1. The molecule has 0 spiro atoms. The molecule has 0 saturated heterocycles. The molecule has 1 atom stereocenters. The van der Waals surface area contributed by atoms with Crippen LogP contribution in [0.5, 0.6) is 5.75 Å². The Morgan fingerprint density at radius 1 is 1.19 bits per heavy atom. The number of carboxylic acids is 1. The second-order valence-electron chi connectivity index (χ2n) is 6.05. The SMILES string of the molecule is COc1ccccc1SCC(C)CNC(=O)Cc1cccc(C(=O)O)c1. The van der Waals surface area contributed by atoms with E-state index in [2.05, 4.69) is 12.2 Å². The van der Waals surface area contributed by atoms with Gasteiger partial charge in [-0.3, -0.25) is 4.79 Å². The van der Waals surface area contributed by atoms with Crippen LogP contribution >= 0.6 is 11.8 Å². The Balaban J connectivity index is 1.78. The molecule has 0 heterocycles. The van der Waals surface area contributed by atoms with Gasteiger partial charge in [-0.1, -0.05) is 31.2 Å². The van der Waals surface area contributed by atoms with Crippen LogP contribution in [0.15, 0.2) is 53.4 Å². The third kappa shape index (κ3) is 6.11. The number of methoxy groups -OCH3 is 1. The number of carbonyl (C=O) groups excluding carboxylic acids is 1. The van der Waals surface area contributed by atoms with E-state index in [4.69, 9.17) is 9.84 Å². The molecule has 0 aliphatic heterocycles. The molecule has 0 fully saturated rings. The summed E-state index contributed by atoms with van der Waals surface area (Å²) in [6, 6.07) is 14.3. The minimum atomic E-state index is -0.991. The summed E-state index contributed by atoms with van der Waals surface area (Å²) >= 11 is 1.70. The summed E-state index contributed by atoms with van der Waals surface area (Å²) in [5.74, 6) is 0.900. The number of rotatable bonds is 9. The highest BCUT2D eigenvalue weighted by Gasteiger charge is 2.10. The van der Waals surface area contributed by atoms with Gasteiger partial charge in [0.15, 0.2) is 0 Å². The summed E-state index contributed by atoms with van der Waals surface area (Å²) in [6.45, 7) is 2.65. The van der Waals surface area contributed by atoms with Gasteiger partial charge in [-0.05, 0) is 35.7 Å². The fourth-order valence-corrected chi connectivity index (χ4v) is 3.43. The lowest BCUT2D eigenvalue weighted by molar-refractivity contribution is -0.120. The lowest BCUT2D eigenvalue weighted by Gasteiger charge is -2.14. The largest absolute Gasteiger partial charge is 0.496 e. The van der Waals surface area contributed by atoms with Gasteiger partial charge in [0.1, 0.15) is 5.75 Å². The van der Waals surface area contributed by atoms with Crippen molar-refractivity contribution >= 4 is 23.6 Å². The van der Waals surface area contributed by atoms with E-state index >= 15 is 0 Å². The number of hydrogen-bond acceptors (Lipinski definition) is 4. The number of benzene rings is 2. The average molecular weight is 373 g/mol. The van der Waals surface area contributed by atoms with Crippen LogP contribution in [-0.2, 0) is 11.2 Å². The zero-order chi connectivity index (χ0) is 18.9. The van der Waals surface area contributed by atoms with Crippen molar-refractivity contribution < 1.29 is 19.4 Å². The number of carbonyl (C=O) groups is 2. The topological polar surface area (TPSA) is 75.6 Å². The van der Waals surface area contributed by atoms with E-state index in [-0.39, 0.29) is 17.9 Å². The van der Waals surface area contributed by atoms with Gasteiger partial charge < -0.3 is 15.2 Å². The van der Waals surface area contributed by atoms with Gasteiger partial charge in [-0.2, -0.15) is 0 Å². The van der Waals surface area contributed by atoms with Crippen LogP contribution in [0.1, 0.15) is 22.8 Å². The third-order valence-corrected chi connectivity index (χ3v) is 5.16. The van der Waals surface area contributed by atoms with Crippen LogP contribution in [0.3, 0.4) is 0 Å². The molecule has 2 N–H and O–H groups in total. The van der Waals surface area contributed by atoms with E-state index < -0.39 is 5.97 Å². The van der Waals surface area contributed by atoms with Crippen LogP contribution in [-0.4, -0.2) is 36.4 Å². The van der Waals surface area contributed by atoms with Gasteiger partial charge in [0, 0.05) is 17.2 Å². The van der Waals surface area contributed by atoms with Crippen molar-refractivity contribution in [2.75, 3.05) is 19.4 Å². The van der Waals surface area contributed by atoms with Crippen molar-refractivity contribution in [2.24, 2.45) is 5.92 Å². The number of amides is 1. The summed E-state index contributed by atoms with van der Waals surface area (Å²) < 4.78 is 5.34. The van der Waals surface area contributed by atoms with Crippen molar-refractivity contribution in [1.29, 1.82) is 0 Å². The molecular formula is C20H23NO4S. The first-order valence-electron chi connectivity index (χ1n) is 8.34. The van der Waals surface area contributed by atoms with Crippen LogP contribution < -0.4 is 10.1 Å². The molecule has 138 valence electrons. The molecule has 0 aromatic heterocycles. The highest BCUT2D eigenvalue weighted by Crippen LogP contribution is 2.29. The van der Waals surface area contributed by atoms with Gasteiger partial charge in [0.05, 0.1) is 19.1 Å². The van der Waals surface area contributed by atoms with E-state index in [1.54, 1.807) is 31.0 Å². The smallest absolute Gasteiger partial charge is 0.335 e. The second kappa shape index (κ2) is 9.87. The van der Waals surface area contributed by atoms with E-state index in [9.17, 15) is 9.59 Å². The maximum atomic E-state index is 12.1. The first-order valence-corrected chi connectivity index (χ1v) is 9.33. The molecular weight excluding hydrogens is 350 g/mol. The maximum Gasteiger partial charge on any atom is 0.335 e. The lowest BCUT2D eigenvalue weighted by Crippen LogP contribution is -2.30. The van der Waals surface area contributed by atoms with Gasteiger partial charge in [0.2, 0.25) is 5.91 Å². The van der Waals surface area contributed by atoms with Gasteiger partial charge in [0.25, 0.3) is 0 Å². The average Bonchev–Trinajstić information content (AvgIpc) is 2.65. The monoisotopic (exact) mass is 373 g/mol. The molecule has 1 amide bonds. The first kappa shape index (κ1) is 19.8. The Labute approximate surface area is 157 Å². The highest BCUT2D eigenvalue weighted by molar-refractivity contribution is 7.99. The first-order chi connectivity index (χ1) is 12.5. The number of hydrogen-bond donors (Lipinski definition) is 2. The van der Waals surface area contributed by atoms with Crippen molar-refractivity contribution in [3.05, 3.63) is 59.7 Å². The Morgan fingerprint density at radius 2 is 1.96 bits per heavy atom. The summed E-state index contributed by atoms with van der Waals surface area (Å²) in [6.07, 6.45) is 0.174. The maximum absolute atomic E-state index is 12.1. The van der Waals surface area contributed by atoms with E-state index in [0.717, 1.165) is 16.4 Å². The fourth-order valence-electron chi connectivity index (χ4n) is 2.38. The second-order valence-corrected chi connectivity index (χ2v) is 7.12.